The quantitative estimate of drug-likeness (QED) is 0.392. The van der Waals surface area contributed by atoms with Crippen LogP contribution in [0.15, 0.2) is 53.5 Å². The van der Waals surface area contributed by atoms with E-state index < -0.39 is 11.7 Å². The van der Waals surface area contributed by atoms with Crippen LogP contribution >= 0.6 is 11.6 Å². The number of carbonyl (C=O) groups excluding carboxylic acids is 1. The van der Waals surface area contributed by atoms with E-state index in [9.17, 15) is 13.6 Å². The summed E-state index contributed by atoms with van der Waals surface area (Å²) in [5.74, 6) is -0.995. The zero-order valence-electron chi connectivity index (χ0n) is 16.3. The molecule has 1 unspecified atom stereocenters. The van der Waals surface area contributed by atoms with Crippen LogP contribution < -0.4 is 10.6 Å². The van der Waals surface area contributed by atoms with Crippen LogP contribution in [0.25, 0.3) is 11.3 Å². The number of benzene rings is 2. The van der Waals surface area contributed by atoms with Gasteiger partial charge in [-0.25, -0.2) is 13.8 Å². The summed E-state index contributed by atoms with van der Waals surface area (Å²) in [6, 6.07) is 11.4. The van der Waals surface area contributed by atoms with E-state index in [0.29, 0.717) is 11.5 Å². The number of hydrogen-bond acceptors (Lipinski definition) is 3. The molecule has 1 amide bonds. The Hall–Kier alpha value is -3.26. The number of nitrogens with zero attached hydrogens (tertiary/aromatic N) is 2. The maximum Gasteiger partial charge on any atom is 0.258 e. The number of amides is 1. The number of aromatic nitrogens is 2. The Kier molecular flexibility index (Phi) is 6.79. The van der Waals surface area contributed by atoms with E-state index in [1.54, 1.807) is 18.2 Å². The number of H-pyrrole nitrogens is 1. The largest absolute Gasteiger partial charge is 0.309 e. The monoisotopic (exact) mass is 431 g/mol. The Morgan fingerprint density at radius 3 is 2.60 bits per heavy atom. The minimum Gasteiger partial charge on any atom is -0.309 e. The number of anilines is 1. The van der Waals surface area contributed by atoms with Gasteiger partial charge >= 0.3 is 0 Å². The molecule has 0 saturated carbocycles. The minimum absolute atomic E-state index is 0.0667. The maximum absolute atomic E-state index is 13.7. The third kappa shape index (κ3) is 5.42. The summed E-state index contributed by atoms with van der Waals surface area (Å²) >= 11 is 5.67. The van der Waals surface area contributed by atoms with E-state index in [0.717, 1.165) is 18.1 Å². The third-order valence-electron chi connectivity index (χ3n) is 4.33. The maximum atomic E-state index is 13.7. The van der Waals surface area contributed by atoms with Gasteiger partial charge in [-0.3, -0.25) is 15.2 Å². The van der Waals surface area contributed by atoms with Crippen molar-refractivity contribution in [1.29, 1.82) is 0 Å². The zero-order valence-corrected chi connectivity index (χ0v) is 17.1. The molecule has 3 aromatic rings. The fourth-order valence-corrected chi connectivity index (χ4v) is 2.63. The van der Waals surface area contributed by atoms with Crippen LogP contribution in [0.5, 0.6) is 0 Å². The van der Waals surface area contributed by atoms with Gasteiger partial charge in [0.2, 0.25) is 5.96 Å². The van der Waals surface area contributed by atoms with Crippen molar-refractivity contribution in [3.63, 3.8) is 0 Å². The molecule has 9 heteroatoms. The lowest BCUT2D eigenvalue weighted by molar-refractivity contribution is 0.0976. The number of aliphatic imine (C=N–C) groups is 1. The molecule has 0 radical (unpaired) electrons. The van der Waals surface area contributed by atoms with Crippen molar-refractivity contribution in [1.82, 2.24) is 15.5 Å². The van der Waals surface area contributed by atoms with Crippen molar-refractivity contribution in [2.24, 2.45) is 4.99 Å². The molecule has 0 aliphatic heterocycles. The zero-order chi connectivity index (χ0) is 21.7. The number of guanidine groups is 1. The number of nitrogens with one attached hydrogen (secondary N) is 3. The van der Waals surface area contributed by atoms with Crippen molar-refractivity contribution < 1.29 is 13.6 Å². The molecule has 3 rings (SSSR count). The van der Waals surface area contributed by atoms with Gasteiger partial charge < -0.3 is 5.32 Å². The molecule has 1 aromatic heterocycles. The predicted octanol–water partition coefficient (Wildman–Crippen LogP) is 5.00. The SMILES string of the molecule is CCC(C)N=C(NC(=O)c1ccc(Cl)c(F)c1)Nc1cc(-c2ccc(F)cc2)[nH]n1. The molecule has 0 aliphatic rings. The first-order valence-electron chi connectivity index (χ1n) is 9.28. The van der Waals surface area contributed by atoms with E-state index in [1.807, 2.05) is 13.8 Å². The molecular weight excluding hydrogens is 412 g/mol. The second kappa shape index (κ2) is 9.49. The molecule has 156 valence electrons. The number of halogens is 3. The highest BCUT2D eigenvalue weighted by atomic mass is 35.5. The molecule has 2 aromatic carbocycles. The van der Waals surface area contributed by atoms with Gasteiger partial charge in [-0.1, -0.05) is 18.5 Å². The van der Waals surface area contributed by atoms with Gasteiger partial charge in [0.05, 0.1) is 16.8 Å². The average Bonchev–Trinajstić information content (AvgIpc) is 3.18. The first-order chi connectivity index (χ1) is 14.4. The van der Waals surface area contributed by atoms with Gasteiger partial charge in [-0.05, 0) is 61.4 Å². The molecule has 3 N–H and O–H groups in total. The number of carbonyl (C=O) groups is 1. The molecule has 0 fully saturated rings. The van der Waals surface area contributed by atoms with Crippen molar-refractivity contribution in [2.45, 2.75) is 26.3 Å². The second-order valence-electron chi connectivity index (χ2n) is 6.62. The van der Waals surface area contributed by atoms with E-state index in [-0.39, 0.29) is 28.4 Å². The van der Waals surface area contributed by atoms with Crippen LogP contribution in [0.4, 0.5) is 14.6 Å². The fourth-order valence-electron chi connectivity index (χ4n) is 2.51. The van der Waals surface area contributed by atoms with Crippen LogP contribution in [0.1, 0.15) is 30.6 Å². The van der Waals surface area contributed by atoms with Crippen LogP contribution in [-0.4, -0.2) is 28.1 Å². The highest BCUT2D eigenvalue weighted by Crippen LogP contribution is 2.20. The molecule has 0 saturated heterocycles. The Balaban J connectivity index is 1.79. The van der Waals surface area contributed by atoms with E-state index in [2.05, 4.69) is 25.8 Å². The van der Waals surface area contributed by atoms with Crippen LogP contribution in [-0.2, 0) is 0 Å². The van der Waals surface area contributed by atoms with Crippen molar-refractivity contribution >= 4 is 29.3 Å². The topological polar surface area (TPSA) is 82.2 Å². The Bertz CT molecular complexity index is 1070. The number of aromatic amines is 1. The highest BCUT2D eigenvalue weighted by molar-refractivity contribution is 6.30. The third-order valence-corrected chi connectivity index (χ3v) is 4.64. The van der Waals surface area contributed by atoms with Crippen molar-refractivity contribution in [3.8, 4) is 11.3 Å². The van der Waals surface area contributed by atoms with Crippen molar-refractivity contribution in [3.05, 3.63) is 70.8 Å². The molecular formula is C21H20ClF2N5O. The normalized spacial score (nSPS) is 12.5. The molecule has 6 nitrogen and oxygen atoms in total. The molecule has 1 heterocycles. The summed E-state index contributed by atoms with van der Waals surface area (Å²) in [6.45, 7) is 3.85. The lowest BCUT2D eigenvalue weighted by Crippen LogP contribution is -2.37. The van der Waals surface area contributed by atoms with E-state index >= 15 is 0 Å². The first kappa shape index (κ1) is 21.4. The van der Waals surface area contributed by atoms with Gasteiger partial charge in [0.15, 0.2) is 5.82 Å². The average molecular weight is 432 g/mol. The fraction of sp³-hybridized carbons (Fsp3) is 0.190. The Morgan fingerprint density at radius 1 is 1.20 bits per heavy atom. The molecule has 1 atom stereocenters. The lowest BCUT2D eigenvalue weighted by Gasteiger charge is -2.12. The summed E-state index contributed by atoms with van der Waals surface area (Å²) in [4.78, 5) is 17.0. The standard InChI is InChI=1S/C21H20ClF2N5O/c1-3-12(2)25-21(27-20(30)14-6-9-16(22)17(24)10-14)26-19-11-18(28-29-19)13-4-7-15(23)8-5-13/h4-12H,3H2,1-2H3,(H3,25,26,27,28,29,30). The molecule has 0 bridgehead atoms. The summed E-state index contributed by atoms with van der Waals surface area (Å²) < 4.78 is 26.8. The summed E-state index contributed by atoms with van der Waals surface area (Å²) in [7, 11) is 0. The Morgan fingerprint density at radius 2 is 1.93 bits per heavy atom. The summed E-state index contributed by atoms with van der Waals surface area (Å²) in [6.07, 6.45) is 0.748. The van der Waals surface area contributed by atoms with Crippen molar-refractivity contribution in [2.75, 3.05) is 5.32 Å². The first-order valence-corrected chi connectivity index (χ1v) is 9.66. The molecule has 0 aliphatic carbocycles. The van der Waals surface area contributed by atoms with Crippen LogP contribution in [0.2, 0.25) is 5.02 Å². The summed E-state index contributed by atoms with van der Waals surface area (Å²) in [5, 5.41) is 12.5. The van der Waals surface area contributed by atoms with Gasteiger partial charge in [0.1, 0.15) is 11.6 Å². The van der Waals surface area contributed by atoms with Crippen LogP contribution in [0.3, 0.4) is 0 Å². The van der Waals surface area contributed by atoms with Gasteiger partial charge in [0, 0.05) is 11.6 Å². The van der Waals surface area contributed by atoms with E-state index in [4.69, 9.17) is 11.6 Å². The molecule has 30 heavy (non-hydrogen) atoms. The Labute approximate surface area is 177 Å². The van der Waals surface area contributed by atoms with Gasteiger partial charge in [-0.15, -0.1) is 0 Å². The smallest absolute Gasteiger partial charge is 0.258 e. The summed E-state index contributed by atoms with van der Waals surface area (Å²) in [5.41, 5.74) is 1.51. The molecule has 0 spiro atoms. The number of hydrogen-bond donors (Lipinski definition) is 3. The second-order valence-corrected chi connectivity index (χ2v) is 7.02. The number of rotatable bonds is 5. The predicted molar refractivity (Wildman–Crippen MR) is 114 cm³/mol. The van der Waals surface area contributed by atoms with Gasteiger partial charge in [-0.2, -0.15) is 5.10 Å². The highest BCUT2D eigenvalue weighted by Gasteiger charge is 2.14. The van der Waals surface area contributed by atoms with Crippen LogP contribution in [0, 0.1) is 11.6 Å². The van der Waals surface area contributed by atoms with Gasteiger partial charge in [0.25, 0.3) is 5.91 Å². The minimum atomic E-state index is -0.686. The van der Waals surface area contributed by atoms with E-state index in [1.165, 1.54) is 24.3 Å². The lowest BCUT2D eigenvalue weighted by atomic mass is 10.1.